The molecule has 0 unspecified atom stereocenters. The van der Waals surface area contributed by atoms with Crippen LogP contribution in [0.15, 0.2) is 46.9 Å². The number of carbonyl (C=O) groups is 1. The van der Waals surface area contributed by atoms with E-state index in [1.165, 1.54) is 5.56 Å². The van der Waals surface area contributed by atoms with E-state index in [0.717, 1.165) is 20.2 Å². The molecule has 0 heterocycles. The number of benzene rings is 2. The van der Waals surface area contributed by atoms with Crippen LogP contribution in [-0.2, 0) is 6.42 Å². The second kappa shape index (κ2) is 6.52. The number of anilines is 1. The van der Waals surface area contributed by atoms with Gasteiger partial charge in [0, 0.05) is 8.04 Å². The summed E-state index contributed by atoms with van der Waals surface area (Å²) in [5, 5.41) is 2.93. The Balaban J connectivity index is 2.22. The van der Waals surface area contributed by atoms with Gasteiger partial charge in [-0.25, -0.2) is 0 Å². The van der Waals surface area contributed by atoms with Crippen LogP contribution in [-0.4, -0.2) is 5.91 Å². The highest BCUT2D eigenvalue weighted by molar-refractivity contribution is 14.1. The lowest BCUT2D eigenvalue weighted by Gasteiger charge is -2.09. The van der Waals surface area contributed by atoms with Crippen molar-refractivity contribution in [2.75, 3.05) is 5.32 Å². The Kier molecular flexibility index (Phi) is 4.99. The van der Waals surface area contributed by atoms with Crippen molar-refractivity contribution in [3.05, 3.63) is 61.6 Å². The summed E-state index contributed by atoms with van der Waals surface area (Å²) >= 11 is 5.66. The topological polar surface area (TPSA) is 29.1 Å². The summed E-state index contributed by atoms with van der Waals surface area (Å²) < 4.78 is 1.85. The molecule has 0 saturated heterocycles. The summed E-state index contributed by atoms with van der Waals surface area (Å²) in [4.78, 5) is 12.2. The molecule has 0 radical (unpaired) electrons. The first-order valence-corrected chi connectivity index (χ1v) is 7.83. The smallest absolute Gasteiger partial charge is 0.256 e. The van der Waals surface area contributed by atoms with E-state index in [4.69, 9.17) is 0 Å². The molecule has 19 heavy (non-hydrogen) atoms. The number of nitrogens with one attached hydrogen (secondary N) is 1. The minimum atomic E-state index is -0.0880. The fraction of sp³-hybridized carbons (Fsp3) is 0.133. The summed E-state index contributed by atoms with van der Waals surface area (Å²) in [6.07, 6.45) is 0.976. The van der Waals surface area contributed by atoms with Crippen LogP contribution in [0.25, 0.3) is 0 Å². The first-order valence-electron chi connectivity index (χ1n) is 5.96. The zero-order valence-corrected chi connectivity index (χ0v) is 14.2. The number of hydrogen-bond acceptors (Lipinski definition) is 1. The van der Waals surface area contributed by atoms with Crippen LogP contribution in [0.5, 0.6) is 0 Å². The van der Waals surface area contributed by atoms with Crippen LogP contribution in [0.3, 0.4) is 0 Å². The molecule has 0 aliphatic heterocycles. The monoisotopic (exact) mass is 429 g/mol. The molecular weight excluding hydrogens is 417 g/mol. The van der Waals surface area contributed by atoms with E-state index in [0.29, 0.717) is 5.56 Å². The molecular formula is C15H13BrINO. The largest absolute Gasteiger partial charge is 0.321 e. The average Bonchev–Trinajstić information content (AvgIpc) is 2.41. The minimum absolute atomic E-state index is 0.0880. The van der Waals surface area contributed by atoms with E-state index in [9.17, 15) is 4.79 Å². The molecule has 0 aromatic heterocycles. The first-order chi connectivity index (χ1) is 9.11. The van der Waals surface area contributed by atoms with Gasteiger partial charge in [-0.15, -0.1) is 0 Å². The molecule has 2 aromatic rings. The molecule has 0 aliphatic carbocycles. The lowest BCUT2D eigenvalue weighted by Crippen LogP contribution is -2.13. The first kappa shape index (κ1) is 14.5. The van der Waals surface area contributed by atoms with Gasteiger partial charge in [0.2, 0.25) is 0 Å². The van der Waals surface area contributed by atoms with Crippen molar-refractivity contribution in [2.45, 2.75) is 13.3 Å². The number of halogens is 2. The van der Waals surface area contributed by atoms with Crippen molar-refractivity contribution >= 4 is 50.1 Å². The van der Waals surface area contributed by atoms with Gasteiger partial charge in [-0.1, -0.05) is 25.1 Å². The standard InChI is InChI=1S/C15H13BrINO/c1-2-10-7-8-14(12(16)9-10)18-15(19)11-5-3-4-6-13(11)17/h3-9H,2H2,1H3,(H,18,19). The predicted octanol–water partition coefficient (Wildman–Crippen LogP) is 4.87. The highest BCUT2D eigenvalue weighted by atomic mass is 127. The highest BCUT2D eigenvalue weighted by Crippen LogP contribution is 2.25. The van der Waals surface area contributed by atoms with Gasteiger partial charge in [0.05, 0.1) is 11.3 Å². The molecule has 0 aliphatic rings. The summed E-state index contributed by atoms with van der Waals surface area (Å²) in [6.45, 7) is 2.10. The molecule has 2 nitrogen and oxygen atoms in total. The molecule has 1 N–H and O–H groups in total. The lowest BCUT2D eigenvalue weighted by atomic mass is 10.1. The third-order valence-corrected chi connectivity index (χ3v) is 4.41. The Labute approximate surface area is 134 Å². The van der Waals surface area contributed by atoms with Gasteiger partial charge in [0.1, 0.15) is 0 Å². The Morgan fingerprint density at radius 1 is 1.26 bits per heavy atom. The van der Waals surface area contributed by atoms with Gasteiger partial charge >= 0.3 is 0 Å². The second-order valence-electron chi connectivity index (χ2n) is 4.10. The summed E-state index contributed by atoms with van der Waals surface area (Å²) in [5.41, 5.74) is 2.72. The second-order valence-corrected chi connectivity index (χ2v) is 6.12. The maximum Gasteiger partial charge on any atom is 0.256 e. The molecule has 0 bridgehead atoms. The number of hydrogen-bond donors (Lipinski definition) is 1. The molecule has 0 saturated carbocycles. The maximum atomic E-state index is 12.2. The number of aryl methyl sites for hydroxylation is 1. The van der Waals surface area contributed by atoms with Crippen LogP contribution in [0.1, 0.15) is 22.8 Å². The van der Waals surface area contributed by atoms with E-state index in [-0.39, 0.29) is 5.91 Å². The van der Waals surface area contributed by atoms with Crippen molar-refractivity contribution in [3.8, 4) is 0 Å². The van der Waals surface area contributed by atoms with E-state index in [1.807, 2.05) is 42.5 Å². The summed E-state index contributed by atoms with van der Waals surface area (Å²) in [5.74, 6) is -0.0880. The van der Waals surface area contributed by atoms with Gasteiger partial charge in [0.25, 0.3) is 5.91 Å². The summed E-state index contributed by atoms with van der Waals surface area (Å²) in [6, 6.07) is 13.5. The van der Waals surface area contributed by atoms with Crippen molar-refractivity contribution in [3.63, 3.8) is 0 Å². The average molecular weight is 430 g/mol. The van der Waals surface area contributed by atoms with E-state index < -0.39 is 0 Å². The maximum absolute atomic E-state index is 12.2. The molecule has 4 heteroatoms. The van der Waals surface area contributed by atoms with Gasteiger partial charge in [-0.3, -0.25) is 4.79 Å². The SMILES string of the molecule is CCc1ccc(NC(=O)c2ccccc2I)c(Br)c1. The Hall–Kier alpha value is -0.880. The number of rotatable bonds is 3. The van der Waals surface area contributed by atoms with E-state index in [1.54, 1.807) is 0 Å². The van der Waals surface area contributed by atoms with Crippen LogP contribution in [0, 0.1) is 3.57 Å². The molecule has 98 valence electrons. The third kappa shape index (κ3) is 3.57. The van der Waals surface area contributed by atoms with Crippen molar-refractivity contribution < 1.29 is 4.79 Å². The van der Waals surface area contributed by atoms with Crippen LogP contribution in [0.2, 0.25) is 0 Å². The van der Waals surface area contributed by atoms with Crippen LogP contribution < -0.4 is 5.32 Å². The Bertz CT molecular complexity index is 613. The zero-order chi connectivity index (χ0) is 13.8. The van der Waals surface area contributed by atoms with Gasteiger partial charge < -0.3 is 5.32 Å². The van der Waals surface area contributed by atoms with Gasteiger partial charge in [-0.2, -0.15) is 0 Å². The minimum Gasteiger partial charge on any atom is -0.321 e. The third-order valence-electron chi connectivity index (χ3n) is 2.81. The summed E-state index contributed by atoms with van der Waals surface area (Å²) in [7, 11) is 0. The van der Waals surface area contributed by atoms with Crippen LogP contribution >= 0.6 is 38.5 Å². The number of carbonyl (C=O) groups excluding carboxylic acids is 1. The molecule has 1 amide bonds. The normalized spacial score (nSPS) is 10.3. The molecule has 2 rings (SSSR count). The van der Waals surface area contributed by atoms with E-state index >= 15 is 0 Å². The fourth-order valence-electron chi connectivity index (χ4n) is 1.71. The molecule has 2 aromatic carbocycles. The van der Waals surface area contributed by atoms with Crippen molar-refractivity contribution in [1.82, 2.24) is 0 Å². The molecule has 0 atom stereocenters. The Morgan fingerprint density at radius 3 is 2.63 bits per heavy atom. The molecule has 0 spiro atoms. The van der Waals surface area contributed by atoms with Crippen molar-refractivity contribution in [1.29, 1.82) is 0 Å². The van der Waals surface area contributed by atoms with Gasteiger partial charge in [-0.05, 0) is 74.8 Å². The van der Waals surface area contributed by atoms with Crippen molar-refractivity contribution in [2.24, 2.45) is 0 Å². The predicted molar refractivity (Wildman–Crippen MR) is 90.6 cm³/mol. The van der Waals surface area contributed by atoms with Gasteiger partial charge in [0.15, 0.2) is 0 Å². The number of amides is 1. The fourth-order valence-corrected chi connectivity index (χ4v) is 2.87. The quantitative estimate of drug-likeness (QED) is 0.693. The zero-order valence-electron chi connectivity index (χ0n) is 10.4. The van der Waals surface area contributed by atoms with E-state index in [2.05, 4.69) is 50.8 Å². The lowest BCUT2D eigenvalue weighted by molar-refractivity contribution is 0.102. The van der Waals surface area contributed by atoms with Crippen LogP contribution in [0.4, 0.5) is 5.69 Å². The Morgan fingerprint density at radius 2 is 2.00 bits per heavy atom. The highest BCUT2D eigenvalue weighted by Gasteiger charge is 2.11. The molecule has 0 fully saturated rings.